The molecule has 16 heavy (non-hydrogen) atoms. The van der Waals surface area contributed by atoms with Crippen LogP contribution in [0.5, 0.6) is 0 Å². The standard InChI is InChI=1S/C10H6ClF3O2/c11-7-3-1-6(2-4-9(15)16)8(5-7)10(12,13)14/h1-5H,(H,15,16). The first-order valence-electron chi connectivity index (χ1n) is 4.08. The first-order chi connectivity index (χ1) is 7.30. The van der Waals surface area contributed by atoms with Crippen LogP contribution in [0.1, 0.15) is 11.1 Å². The fourth-order valence-corrected chi connectivity index (χ4v) is 1.25. The lowest BCUT2D eigenvalue weighted by Crippen LogP contribution is -2.07. The van der Waals surface area contributed by atoms with Gasteiger partial charge in [-0.1, -0.05) is 17.7 Å². The van der Waals surface area contributed by atoms with Gasteiger partial charge in [-0.3, -0.25) is 0 Å². The van der Waals surface area contributed by atoms with E-state index in [1.165, 1.54) is 6.07 Å². The van der Waals surface area contributed by atoms with E-state index in [1.54, 1.807) is 0 Å². The van der Waals surface area contributed by atoms with E-state index >= 15 is 0 Å². The minimum atomic E-state index is -4.57. The van der Waals surface area contributed by atoms with Gasteiger partial charge in [0.05, 0.1) is 5.56 Å². The maximum atomic E-state index is 12.5. The van der Waals surface area contributed by atoms with Crippen molar-refractivity contribution < 1.29 is 23.1 Å². The molecule has 0 unspecified atom stereocenters. The Morgan fingerprint density at radius 1 is 1.38 bits per heavy atom. The lowest BCUT2D eigenvalue weighted by Gasteiger charge is -2.10. The van der Waals surface area contributed by atoms with Crippen molar-refractivity contribution in [2.24, 2.45) is 0 Å². The Bertz CT molecular complexity index is 438. The maximum Gasteiger partial charge on any atom is 0.417 e. The van der Waals surface area contributed by atoms with Crippen molar-refractivity contribution >= 4 is 23.6 Å². The van der Waals surface area contributed by atoms with Crippen LogP contribution in [0.15, 0.2) is 24.3 Å². The van der Waals surface area contributed by atoms with Crippen LogP contribution in [0, 0.1) is 0 Å². The Hall–Kier alpha value is -1.49. The van der Waals surface area contributed by atoms with E-state index in [-0.39, 0.29) is 10.6 Å². The summed E-state index contributed by atoms with van der Waals surface area (Å²) in [7, 11) is 0. The molecule has 0 fully saturated rings. The molecule has 0 saturated heterocycles. The third kappa shape index (κ3) is 3.27. The van der Waals surface area contributed by atoms with E-state index in [9.17, 15) is 18.0 Å². The molecular weight excluding hydrogens is 245 g/mol. The second kappa shape index (κ2) is 4.57. The number of halogens is 4. The second-order valence-corrected chi connectivity index (χ2v) is 3.34. The zero-order valence-corrected chi connectivity index (χ0v) is 8.51. The highest BCUT2D eigenvalue weighted by Crippen LogP contribution is 2.34. The van der Waals surface area contributed by atoms with E-state index in [4.69, 9.17) is 16.7 Å². The number of aliphatic carboxylic acids is 1. The smallest absolute Gasteiger partial charge is 0.417 e. The number of hydrogen-bond donors (Lipinski definition) is 1. The third-order valence-corrected chi connectivity index (χ3v) is 1.96. The lowest BCUT2D eigenvalue weighted by atomic mass is 10.1. The van der Waals surface area contributed by atoms with E-state index in [1.807, 2.05) is 0 Å². The normalized spacial score (nSPS) is 12.0. The summed E-state index contributed by atoms with van der Waals surface area (Å²) >= 11 is 5.45. The minimum absolute atomic E-state index is 0.0557. The van der Waals surface area contributed by atoms with Gasteiger partial charge in [0.1, 0.15) is 0 Å². The molecule has 0 aromatic heterocycles. The van der Waals surface area contributed by atoms with E-state index in [0.717, 1.165) is 18.2 Å². The molecule has 86 valence electrons. The van der Waals surface area contributed by atoms with Crippen molar-refractivity contribution in [2.45, 2.75) is 6.18 Å². The summed E-state index contributed by atoms with van der Waals surface area (Å²) in [6, 6.07) is 3.13. The van der Waals surface area contributed by atoms with Crippen molar-refractivity contribution in [2.75, 3.05) is 0 Å². The monoisotopic (exact) mass is 250 g/mol. The van der Waals surface area contributed by atoms with Crippen molar-refractivity contribution in [3.8, 4) is 0 Å². The molecule has 0 aliphatic carbocycles. The van der Waals surface area contributed by atoms with Crippen LogP contribution < -0.4 is 0 Å². The van der Waals surface area contributed by atoms with Gasteiger partial charge in [0.15, 0.2) is 0 Å². The lowest BCUT2D eigenvalue weighted by molar-refractivity contribution is -0.138. The predicted octanol–water partition coefficient (Wildman–Crippen LogP) is 3.46. The van der Waals surface area contributed by atoms with Gasteiger partial charge >= 0.3 is 12.1 Å². The number of rotatable bonds is 2. The Kier molecular flexibility index (Phi) is 3.59. The van der Waals surface area contributed by atoms with E-state index in [0.29, 0.717) is 6.08 Å². The minimum Gasteiger partial charge on any atom is -0.478 e. The van der Waals surface area contributed by atoms with E-state index < -0.39 is 17.7 Å². The molecule has 1 N–H and O–H groups in total. The molecule has 1 aromatic carbocycles. The maximum absolute atomic E-state index is 12.5. The molecule has 0 saturated carbocycles. The molecule has 0 radical (unpaired) electrons. The Labute approximate surface area is 94.0 Å². The number of carboxylic acid groups (broad SMARTS) is 1. The highest BCUT2D eigenvalue weighted by atomic mass is 35.5. The summed E-state index contributed by atoms with van der Waals surface area (Å²) in [5, 5.41) is 8.27. The number of benzene rings is 1. The van der Waals surface area contributed by atoms with Gasteiger partial charge in [0.25, 0.3) is 0 Å². The fraction of sp³-hybridized carbons (Fsp3) is 0.100. The molecule has 0 atom stereocenters. The van der Waals surface area contributed by atoms with Crippen LogP contribution >= 0.6 is 11.6 Å². The molecular formula is C10H6ClF3O2. The van der Waals surface area contributed by atoms with Crippen LogP contribution in [0.4, 0.5) is 13.2 Å². The molecule has 0 amide bonds. The molecule has 1 aromatic rings. The molecule has 0 bridgehead atoms. The quantitative estimate of drug-likeness (QED) is 0.816. The molecule has 6 heteroatoms. The number of carboxylic acids is 1. The summed E-state index contributed by atoms with van der Waals surface area (Å²) in [5.74, 6) is -1.32. The van der Waals surface area contributed by atoms with Gasteiger partial charge in [-0.2, -0.15) is 13.2 Å². The summed E-state index contributed by atoms with van der Waals surface area (Å²) in [5.41, 5.74) is -1.20. The average Bonchev–Trinajstić information content (AvgIpc) is 2.14. The summed E-state index contributed by atoms with van der Waals surface area (Å²) in [4.78, 5) is 10.2. The largest absolute Gasteiger partial charge is 0.478 e. The Morgan fingerprint density at radius 3 is 2.50 bits per heavy atom. The topological polar surface area (TPSA) is 37.3 Å². The van der Waals surface area contributed by atoms with Gasteiger partial charge in [-0.05, 0) is 23.8 Å². The Morgan fingerprint density at radius 2 is 2.00 bits per heavy atom. The predicted molar refractivity (Wildman–Crippen MR) is 53.1 cm³/mol. The fourth-order valence-electron chi connectivity index (χ4n) is 1.08. The first kappa shape index (κ1) is 12.6. The van der Waals surface area contributed by atoms with Gasteiger partial charge in [-0.15, -0.1) is 0 Å². The molecule has 0 spiro atoms. The molecule has 0 aliphatic heterocycles. The molecule has 0 aliphatic rings. The van der Waals surface area contributed by atoms with Crippen LogP contribution in [-0.2, 0) is 11.0 Å². The van der Waals surface area contributed by atoms with Crippen LogP contribution in [0.3, 0.4) is 0 Å². The third-order valence-electron chi connectivity index (χ3n) is 1.73. The first-order valence-corrected chi connectivity index (χ1v) is 4.46. The van der Waals surface area contributed by atoms with Gasteiger partial charge in [0.2, 0.25) is 0 Å². The van der Waals surface area contributed by atoms with Crippen LogP contribution in [-0.4, -0.2) is 11.1 Å². The Balaban J connectivity index is 3.23. The van der Waals surface area contributed by atoms with E-state index in [2.05, 4.69) is 0 Å². The summed E-state index contributed by atoms with van der Waals surface area (Å²) in [6.45, 7) is 0. The number of carbonyl (C=O) groups is 1. The number of hydrogen-bond acceptors (Lipinski definition) is 1. The van der Waals surface area contributed by atoms with Crippen molar-refractivity contribution in [3.05, 3.63) is 40.4 Å². The highest BCUT2D eigenvalue weighted by Gasteiger charge is 2.32. The highest BCUT2D eigenvalue weighted by molar-refractivity contribution is 6.30. The second-order valence-electron chi connectivity index (χ2n) is 2.90. The average molecular weight is 251 g/mol. The molecule has 1 rings (SSSR count). The van der Waals surface area contributed by atoms with Gasteiger partial charge in [0, 0.05) is 11.1 Å². The molecule has 2 nitrogen and oxygen atoms in total. The van der Waals surface area contributed by atoms with Crippen molar-refractivity contribution in [3.63, 3.8) is 0 Å². The van der Waals surface area contributed by atoms with Crippen LogP contribution in [0.25, 0.3) is 6.08 Å². The van der Waals surface area contributed by atoms with Gasteiger partial charge < -0.3 is 5.11 Å². The summed E-state index contributed by atoms with van der Waals surface area (Å²) in [6.07, 6.45) is -3.05. The van der Waals surface area contributed by atoms with Gasteiger partial charge in [-0.25, -0.2) is 4.79 Å². The zero-order chi connectivity index (χ0) is 12.3. The van der Waals surface area contributed by atoms with Crippen molar-refractivity contribution in [1.29, 1.82) is 0 Å². The zero-order valence-electron chi connectivity index (χ0n) is 7.75. The SMILES string of the molecule is O=C(O)C=Cc1ccc(Cl)cc1C(F)(F)F. The van der Waals surface area contributed by atoms with Crippen LogP contribution in [0.2, 0.25) is 5.02 Å². The number of alkyl halides is 3. The summed E-state index contributed by atoms with van der Waals surface area (Å²) < 4.78 is 37.5. The van der Waals surface area contributed by atoms with Crippen molar-refractivity contribution in [1.82, 2.24) is 0 Å². The molecule has 0 heterocycles.